The van der Waals surface area contributed by atoms with Crippen molar-refractivity contribution in [3.8, 4) is 11.4 Å². The molecule has 2 rings (SSSR count). The van der Waals surface area contributed by atoms with Gasteiger partial charge in [0.1, 0.15) is 0 Å². The molecular weight excluding hydrogens is 283 g/mol. The predicted molar refractivity (Wildman–Crippen MR) is 78.8 cm³/mol. The van der Waals surface area contributed by atoms with Crippen molar-refractivity contribution in [2.24, 2.45) is 0 Å². The maximum atomic E-state index is 6.15. The highest BCUT2D eigenvalue weighted by molar-refractivity contribution is 6.33. The Morgan fingerprint density at radius 2 is 1.68 bits per heavy atom. The lowest BCUT2D eigenvalue weighted by molar-refractivity contribution is 0.813. The zero-order valence-corrected chi connectivity index (χ0v) is 12.3. The second-order valence-electron chi connectivity index (χ2n) is 3.88. The molecule has 4 nitrogen and oxygen atoms in total. The van der Waals surface area contributed by atoms with Crippen LogP contribution in [0.5, 0.6) is 0 Å². The molecule has 0 aliphatic heterocycles. The first-order chi connectivity index (χ1) is 9.15. The average Bonchev–Trinajstić information content (AvgIpc) is 2.40. The van der Waals surface area contributed by atoms with E-state index in [4.69, 9.17) is 23.2 Å². The number of aromatic nitrogens is 3. The molecule has 0 radical (unpaired) electrons. The van der Waals surface area contributed by atoms with Crippen molar-refractivity contribution in [2.45, 2.75) is 13.8 Å². The third-order valence-electron chi connectivity index (χ3n) is 2.76. The van der Waals surface area contributed by atoms with Crippen LogP contribution < -0.4 is 4.90 Å². The largest absolute Gasteiger partial charge is 0.341 e. The molecule has 0 aliphatic carbocycles. The van der Waals surface area contributed by atoms with Crippen LogP contribution in [0.1, 0.15) is 13.8 Å². The van der Waals surface area contributed by atoms with Gasteiger partial charge in [0.05, 0.1) is 5.02 Å². The first-order valence-electron chi connectivity index (χ1n) is 6.07. The van der Waals surface area contributed by atoms with Gasteiger partial charge in [0, 0.05) is 18.7 Å². The van der Waals surface area contributed by atoms with Crippen LogP contribution in [0, 0.1) is 0 Å². The maximum absolute atomic E-state index is 6.15. The van der Waals surface area contributed by atoms with Gasteiger partial charge in [-0.15, -0.1) is 0 Å². The summed E-state index contributed by atoms with van der Waals surface area (Å²) in [6.07, 6.45) is 0. The Kier molecular flexibility index (Phi) is 4.56. The van der Waals surface area contributed by atoms with Crippen molar-refractivity contribution in [3.05, 3.63) is 34.6 Å². The van der Waals surface area contributed by atoms with E-state index in [1.165, 1.54) is 0 Å². The molecular formula is C13H14Cl2N4. The summed E-state index contributed by atoms with van der Waals surface area (Å²) in [5.74, 6) is 1.06. The van der Waals surface area contributed by atoms with Gasteiger partial charge in [-0.1, -0.05) is 23.7 Å². The van der Waals surface area contributed by atoms with Gasteiger partial charge < -0.3 is 4.90 Å². The smallest absolute Gasteiger partial charge is 0.230 e. The van der Waals surface area contributed by atoms with E-state index in [0.29, 0.717) is 16.8 Å². The molecule has 0 aliphatic rings. The zero-order valence-electron chi connectivity index (χ0n) is 10.8. The van der Waals surface area contributed by atoms with Gasteiger partial charge >= 0.3 is 0 Å². The summed E-state index contributed by atoms with van der Waals surface area (Å²) in [5, 5.41) is 0.766. The first kappa shape index (κ1) is 14.0. The molecule has 1 heterocycles. The Balaban J connectivity index is 2.51. The van der Waals surface area contributed by atoms with Crippen molar-refractivity contribution in [3.63, 3.8) is 0 Å². The van der Waals surface area contributed by atoms with Gasteiger partial charge in [-0.25, -0.2) is 0 Å². The summed E-state index contributed by atoms with van der Waals surface area (Å²) in [7, 11) is 0. The van der Waals surface area contributed by atoms with Gasteiger partial charge in [0.25, 0.3) is 0 Å². The van der Waals surface area contributed by atoms with Crippen molar-refractivity contribution in [1.82, 2.24) is 15.0 Å². The van der Waals surface area contributed by atoms with E-state index in [1.54, 1.807) is 6.07 Å². The van der Waals surface area contributed by atoms with E-state index >= 15 is 0 Å². The van der Waals surface area contributed by atoms with Crippen molar-refractivity contribution < 1.29 is 0 Å². The number of benzene rings is 1. The molecule has 0 bridgehead atoms. The van der Waals surface area contributed by atoms with Crippen LogP contribution in [-0.4, -0.2) is 28.0 Å². The van der Waals surface area contributed by atoms with E-state index in [1.807, 2.05) is 36.9 Å². The fourth-order valence-electron chi connectivity index (χ4n) is 1.75. The van der Waals surface area contributed by atoms with Crippen molar-refractivity contribution in [2.75, 3.05) is 18.0 Å². The van der Waals surface area contributed by atoms with Gasteiger partial charge in [0.2, 0.25) is 11.2 Å². The maximum Gasteiger partial charge on any atom is 0.230 e. The quantitative estimate of drug-likeness (QED) is 0.863. The minimum atomic E-state index is 0.173. The zero-order chi connectivity index (χ0) is 13.8. The second kappa shape index (κ2) is 6.17. The Morgan fingerprint density at radius 3 is 2.32 bits per heavy atom. The first-order valence-corrected chi connectivity index (χ1v) is 6.82. The second-order valence-corrected chi connectivity index (χ2v) is 4.63. The molecule has 0 unspecified atom stereocenters. The monoisotopic (exact) mass is 296 g/mol. The van der Waals surface area contributed by atoms with Gasteiger partial charge in [-0.05, 0) is 37.6 Å². The van der Waals surface area contributed by atoms with Crippen LogP contribution in [0.2, 0.25) is 10.3 Å². The van der Waals surface area contributed by atoms with Crippen molar-refractivity contribution >= 4 is 29.2 Å². The number of nitrogens with zero attached hydrogens (tertiary/aromatic N) is 4. The Labute approximate surface area is 122 Å². The van der Waals surface area contributed by atoms with Crippen LogP contribution in [0.25, 0.3) is 11.4 Å². The lowest BCUT2D eigenvalue weighted by atomic mass is 10.2. The SMILES string of the molecule is CCN(CC)c1nc(Cl)nc(-c2ccccc2Cl)n1. The normalized spacial score (nSPS) is 10.5. The molecule has 0 saturated heterocycles. The van der Waals surface area contributed by atoms with Crippen LogP contribution in [0.3, 0.4) is 0 Å². The van der Waals surface area contributed by atoms with Gasteiger partial charge in [-0.2, -0.15) is 15.0 Å². The standard InChI is InChI=1S/C13H14Cl2N4/c1-3-19(4-2)13-17-11(16-12(15)18-13)9-7-5-6-8-10(9)14/h5-8H,3-4H2,1-2H3. The van der Waals surface area contributed by atoms with E-state index in [0.717, 1.165) is 18.7 Å². The molecule has 19 heavy (non-hydrogen) atoms. The summed E-state index contributed by atoms with van der Waals surface area (Å²) in [4.78, 5) is 14.8. The summed E-state index contributed by atoms with van der Waals surface area (Å²) >= 11 is 12.1. The lowest BCUT2D eigenvalue weighted by Gasteiger charge is -2.18. The van der Waals surface area contributed by atoms with Gasteiger partial charge in [-0.3, -0.25) is 0 Å². The average molecular weight is 297 g/mol. The number of anilines is 1. The van der Waals surface area contributed by atoms with Crippen LogP contribution >= 0.6 is 23.2 Å². The molecule has 0 atom stereocenters. The highest BCUT2D eigenvalue weighted by atomic mass is 35.5. The molecule has 2 aromatic rings. The Hall–Kier alpha value is -1.39. The Morgan fingerprint density at radius 1 is 1.00 bits per heavy atom. The minimum Gasteiger partial charge on any atom is -0.341 e. The molecule has 0 fully saturated rings. The highest BCUT2D eigenvalue weighted by Crippen LogP contribution is 2.26. The summed E-state index contributed by atoms with van der Waals surface area (Å²) in [5.41, 5.74) is 0.752. The highest BCUT2D eigenvalue weighted by Gasteiger charge is 2.13. The summed E-state index contributed by atoms with van der Waals surface area (Å²) in [6.45, 7) is 5.68. The molecule has 0 spiro atoms. The molecule has 100 valence electrons. The predicted octanol–water partition coefficient (Wildman–Crippen LogP) is 3.69. The number of hydrogen-bond donors (Lipinski definition) is 0. The third kappa shape index (κ3) is 3.14. The van der Waals surface area contributed by atoms with Gasteiger partial charge in [0.15, 0.2) is 5.82 Å². The summed E-state index contributed by atoms with van der Waals surface area (Å²) in [6, 6.07) is 7.40. The fraction of sp³-hybridized carbons (Fsp3) is 0.308. The van der Waals surface area contributed by atoms with Crippen molar-refractivity contribution in [1.29, 1.82) is 0 Å². The molecule has 1 aromatic carbocycles. The summed E-state index contributed by atoms with van der Waals surface area (Å²) < 4.78 is 0. The molecule has 6 heteroatoms. The fourth-order valence-corrected chi connectivity index (χ4v) is 2.13. The van der Waals surface area contributed by atoms with E-state index in [9.17, 15) is 0 Å². The van der Waals surface area contributed by atoms with E-state index in [-0.39, 0.29) is 5.28 Å². The van der Waals surface area contributed by atoms with E-state index < -0.39 is 0 Å². The van der Waals surface area contributed by atoms with Crippen LogP contribution in [0.4, 0.5) is 5.95 Å². The Bertz CT molecular complexity index is 570. The van der Waals surface area contributed by atoms with E-state index in [2.05, 4.69) is 15.0 Å². The molecule has 0 N–H and O–H groups in total. The topological polar surface area (TPSA) is 41.9 Å². The minimum absolute atomic E-state index is 0.173. The van der Waals surface area contributed by atoms with Crippen LogP contribution in [-0.2, 0) is 0 Å². The third-order valence-corrected chi connectivity index (χ3v) is 3.26. The number of hydrogen-bond acceptors (Lipinski definition) is 4. The lowest BCUT2D eigenvalue weighted by Crippen LogP contribution is -2.24. The number of halogens is 2. The molecule has 0 amide bonds. The number of rotatable bonds is 4. The molecule has 0 saturated carbocycles. The van der Waals surface area contributed by atoms with Crippen LogP contribution in [0.15, 0.2) is 24.3 Å². The molecule has 1 aromatic heterocycles.